The van der Waals surface area contributed by atoms with Crippen LogP contribution in [0.2, 0.25) is 0 Å². The number of rotatable bonds is 7. The van der Waals surface area contributed by atoms with Crippen LogP contribution in [-0.2, 0) is 5.41 Å². The van der Waals surface area contributed by atoms with Gasteiger partial charge in [-0.1, -0.05) is 255 Å². The second-order valence-electron chi connectivity index (χ2n) is 16.7. The van der Waals surface area contributed by atoms with Gasteiger partial charge in [-0.2, -0.15) is 0 Å². The predicted octanol–water partition coefficient (Wildman–Crippen LogP) is 16.7. The van der Waals surface area contributed by atoms with Gasteiger partial charge >= 0.3 is 0 Å². The molecule has 0 nitrogen and oxygen atoms in total. The Kier molecular flexibility index (Phi) is 8.83. The zero-order valence-corrected chi connectivity index (χ0v) is 34.7. The quantitative estimate of drug-likeness (QED) is 0.111. The molecule has 0 saturated heterocycles. The fourth-order valence-corrected chi connectivity index (χ4v) is 10.6. The second kappa shape index (κ2) is 15.1. The summed E-state index contributed by atoms with van der Waals surface area (Å²) >= 11 is 0. The lowest BCUT2D eigenvalue weighted by Crippen LogP contribution is -2.28. The van der Waals surface area contributed by atoms with Gasteiger partial charge in [-0.25, -0.2) is 0 Å². The van der Waals surface area contributed by atoms with Gasteiger partial charge in [-0.15, -0.1) is 0 Å². The molecule has 0 heteroatoms. The Morgan fingerprint density at radius 1 is 0.254 bits per heavy atom. The van der Waals surface area contributed by atoms with Gasteiger partial charge in [0.1, 0.15) is 0 Å². The van der Waals surface area contributed by atoms with E-state index in [1.165, 1.54) is 110 Å². The summed E-state index contributed by atoms with van der Waals surface area (Å²) in [6, 6.07) is 89.4. The van der Waals surface area contributed by atoms with Crippen molar-refractivity contribution in [3.05, 3.63) is 276 Å². The van der Waals surface area contributed by atoms with E-state index in [9.17, 15) is 0 Å². The summed E-state index contributed by atoms with van der Waals surface area (Å²) in [5, 5.41) is 7.56. The van der Waals surface area contributed by atoms with E-state index in [0.717, 1.165) is 0 Å². The predicted molar refractivity (Wildman–Crippen MR) is 268 cm³/mol. The molecule has 12 rings (SSSR count). The number of hydrogen-bond donors (Lipinski definition) is 0. The Labute approximate surface area is 368 Å². The molecular formula is C63H42. The van der Waals surface area contributed by atoms with Crippen LogP contribution in [-0.4, -0.2) is 0 Å². The summed E-state index contributed by atoms with van der Waals surface area (Å²) in [6.07, 6.45) is 4.42. The molecule has 0 radical (unpaired) electrons. The molecule has 11 aromatic carbocycles. The third-order valence-electron chi connectivity index (χ3n) is 13.4. The van der Waals surface area contributed by atoms with Crippen LogP contribution < -0.4 is 0 Å². The molecule has 11 aromatic rings. The molecule has 1 aliphatic rings. The highest BCUT2D eigenvalue weighted by Crippen LogP contribution is 2.56. The summed E-state index contributed by atoms with van der Waals surface area (Å²) < 4.78 is 0. The topological polar surface area (TPSA) is 0 Å². The molecule has 294 valence electrons. The minimum atomic E-state index is -0.426. The van der Waals surface area contributed by atoms with E-state index in [0.29, 0.717) is 0 Å². The maximum atomic E-state index is 2.38. The van der Waals surface area contributed by atoms with Gasteiger partial charge in [-0.3, -0.25) is 0 Å². The molecule has 0 spiro atoms. The van der Waals surface area contributed by atoms with Crippen molar-refractivity contribution in [2.75, 3.05) is 0 Å². The zero-order chi connectivity index (χ0) is 41.7. The highest BCUT2D eigenvalue weighted by Gasteiger charge is 2.45. The molecule has 0 atom stereocenters. The number of fused-ring (bicyclic) bond motifs is 6. The Bertz CT molecular complexity index is 3410. The average molecular weight is 799 g/mol. The van der Waals surface area contributed by atoms with Crippen LogP contribution in [0.1, 0.15) is 33.4 Å². The van der Waals surface area contributed by atoms with Crippen LogP contribution in [0.3, 0.4) is 0 Å². The fourth-order valence-electron chi connectivity index (χ4n) is 10.6. The normalized spacial score (nSPS) is 12.8. The summed E-state index contributed by atoms with van der Waals surface area (Å²) in [6.45, 7) is 0. The molecule has 1 aliphatic carbocycles. The summed E-state index contributed by atoms with van der Waals surface area (Å²) in [4.78, 5) is 0. The van der Waals surface area contributed by atoms with E-state index >= 15 is 0 Å². The van der Waals surface area contributed by atoms with Crippen LogP contribution in [0.15, 0.2) is 243 Å². The molecule has 0 heterocycles. The Balaban J connectivity index is 0.911. The highest BCUT2D eigenvalue weighted by molar-refractivity contribution is 6.21. The van der Waals surface area contributed by atoms with Crippen molar-refractivity contribution in [2.45, 2.75) is 5.41 Å². The van der Waals surface area contributed by atoms with E-state index in [1.54, 1.807) is 0 Å². The lowest BCUT2D eigenvalue weighted by molar-refractivity contribution is 0.768. The molecule has 0 unspecified atom stereocenters. The van der Waals surface area contributed by atoms with Crippen molar-refractivity contribution in [1.29, 1.82) is 0 Å². The van der Waals surface area contributed by atoms with Gasteiger partial charge in [0.25, 0.3) is 0 Å². The first-order valence-corrected chi connectivity index (χ1v) is 21.9. The first kappa shape index (κ1) is 36.8. The molecular weight excluding hydrogens is 757 g/mol. The van der Waals surface area contributed by atoms with Crippen LogP contribution in [0.25, 0.3) is 89.0 Å². The monoisotopic (exact) mass is 798 g/mol. The van der Waals surface area contributed by atoms with Crippen LogP contribution >= 0.6 is 0 Å². The van der Waals surface area contributed by atoms with E-state index in [-0.39, 0.29) is 0 Å². The van der Waals surface area contributed by atoms with E-state index in [1.807, 2.05) is 0 Å². The van der Waals surface area contributed by atoms with Crippen LogP contribution in [0.4, 0.5) is 0 Å². The summed E-state index contributed by atoms with van der Waals surface area (Å²) in [5.41, 5.74) is 17.2. The van der Waals surface area contributed by atoms with Gasteiger partial charge < -0.3 is 0 Å². The minimum absolute atomic E-state index is 0.426. The SMILES string of the molecule is C(=C\c1ccc(-c2c3ccccc3c(-c3ccc(C4(c5ccccc5)c5ccccc5-c5ccccc54)cc3)c3ccccc23)cc1)/c1ccc(-c2cccc3ccccc23)cc1. The van der Waals surface area contributed by atoms with Gasteiger partial charge in [0.05, 0.1) is 5.41 Å². The summed E-state index contributed by atoms with van der Waals surface area (Å²) in [5.74, 6) is 0. The Hall–Kier alpha value is -8.06. The third-order valence-corrected chi connectivity index (χ3v) is 13.4. The fraction of sp³-hybridized carbons (Fsp3) is 0.0159. The first-order chi connectivity index (χ1) is 31.3. The number of benzene rings is 11. The summed E-state index contributed by atoms with van der Waals surface area (Å²) in [7, 11) is 0. The third kappa shape index (κ3) is 5.98. The van der Waals surface area contributed by atoms with E-state index in [2.05, 4.69) is 255 Å². The Morgan fingerprint density at radius 2 is 0.635 bits per heavy atom. The van der Waals surface area contributed by atoms with Gasteiger partial charge in [-0.05, 0) is 110 Å². The molecule has 0 bridgehead atoms. The van der Waals surface area contributed by atoms with Crippen molar-refractivity contribution in [3.63, 3.8) is 0 Å². The second-order valence-corrected chi connectivity index (χ2v) is 16.7. The standard InChI is InChI=1S/C63H42/c1-2-17-49(18-3-1)63(59-27-12-10-20-53(59)54-21-11-13-28-60(54)63)50-41-39-48(40-42-50)62-57-24-8-6-22-55(57)61(56-23-7-9-25-58(56)62)47-37-33-44(34-38-47)30-29-43-31-35-46(36-32-43)52-26-14-16-45-15-4-5-19-51(45)52/h1-42H/b30-29+. The smallest absolute Gasteiger partial charge is 0.0622 e. The maximum Gasteiger partial charge on any atom is 0.0713 e. The van der Waals surface area contributed by atoms with Crippen molar-refractivity contribution in [1.82, 2.24) is 0 Å². The molecule has 0 saturated carbocycles. The van der Waals surface area contributed by atoms with Crippen LogP contribution in [0.5, 0.6) is 0 Å². The molecule has 0 aromatic heterocycles. The van der Waals surface area contributed by atoms with E-state index in [4.69, 9.17) is 0 Å². The molecule has 0 N–H and O–H groups in total. The average Bonchev–Trinajstić information content (AvgIpc) is 3.66. The maximum absolute atomic E-state index is 2.38. The van der Waals surface area contributed by atoms with Crippen LogP contribution in [0, 0.1) is 0 Å². The zero-order valence-electron chi connectivity index (χ0n) is 34.7. The number of hydrogen-bond acceptors (Lipinski definition) is 0. The Morgan fingerprint density at radius 3 is 1.17 bits per heavy atom. The lowest BCUT2D eigenvalue weighted by atomic mass is 9.67. The first-order valence-electron chi connectivity index (χ1n) is 21.9. The highest BCUT2D eigenvalue weighted by atomic mass is 14.5. The van der Waals surface area contributed by atoms with Gasteiger partial charge in [0, 0.05) is 0 Å². The van der Waals surface area contributed by atoms with Crippen molar-refractivity contribution in [2.24, 2.45) is 0 Å². The molecule has 0 aliphatic heterocycles. The van der Waals surface area contributed by atoms with Gasteiger partial charge in [0.15, 0.2) is 0 Å². The molecule has 0 amide bonds. The van der Waals surface area contributed by atoms with Gasteiger partial charge in [0.2, 0.25) is 0 Å². The van der Waals surface area contributed by atoms with Crippen molar-refractivity contribution >= 4 is 44.5 Å². The largest absolute Gasteiger partial charge is 0.0713 e. The molecule has 0 fully saturated rings. The molecule has 63 heavy (non-hydrogen) atoms. The van der Waals surface area contributed by atoms with Crippen molar-refractivity contribution < 1.29 is 0 Å². The van der Waals surface area contributed by atoms with Crippen molar-refractivity contribution in [3.8, 4) is 44.5 Å². The van der Waals surface area contributed by atoms with E-state index < -0.39 is 5.41 Å². The lowest BCUT2D eigenvalue weighted by Gasteiger charge is -2.34. The minimum Gasteiger partial charge on any atom is -0.0622 e.